The Labute approximate surface area is 126 Å². The number of benzene rings is 1. The highest BCUT2D eigenvalue weighted by atomic mass is 19.1. The highest BCUT2D eigenvalue weighted by Crippen LogP contribution is 2.29. The van der Waals surface area contributed by atoms with Crippen LogP contribution in [0.15, 0.2) is 18.2 Å². The number of hydrogen-bond acceptors (Lipinski definition) is 3. The van der Waals surface area contributed by atoms with Crippen molar-refractivity contribution in [2.24, 2.45) is 5.73 Å². The van der Waals surface area contributed by atoms with Crippen LogP contribution >= 0.6 is 0 Å². The van der Waals surface area contributed by atoms with Gasteiger partial charge in [0, 0.05) is 37.8 Å². The van der Waals surface area contributed by atoms with Gasteiger partial charge >= 0.3 is 0 Å². The van der Waals surface area contributed by atoms with E-state index in [9.17, 15) is 4.39 Å². The van der Waals surface area contributed by atoms with Gasteiger partial charge in [0.2, 0.25) is 0 Å². The zero-order valence-electron chi connectivity index (χ0n) is 12.9. The minimum atomic E-state index is -0.123. The van der Waals surface area contributed by atoms with E-state index in [-0.39, 0.29) is 11.9 Å². The van der Waals surface area contributed by atoms with Crippen molar-refractivity contribution < 1.29 is 4.39 Å². The summed E-state index contributed by atoms with van der Waals surface area (Å²) < 4.78 is 14.2. The van der Waals surface area contributed by atoms with Crippen LogP contribution in [-0.2, 0) is 0 Å². The second-order valence-corrected chi connectivity index (χ2v) is 6.46. The maximum atomic E-state index is 14.2. The summed E-state index contributed by atoms with van der Waals surface area (Å²) in [4.78, 5) is 4.99. The predicted molar refractivity (Wildman–Crippen MR) is 83.7 cm³/mol. The molecule has 0 bridgehead atoms. The van der Waals surface area contributed by atoms with Gasteiger partial charge in [-0.3, -0.25) is 9.80 Å². The second kappa shape index (κ2) is 6.42. The number of halogens is 1. The number of fused-ring (bicyclic) bond motifs is 1. The van der Waals surface area contributed by atoms with Crippen LogP contribution < -0.4 is 5.73 Å². The van der Waals surface area contributed by atoms with Crippen molar-refractivity contribution >= 4 is 0 Å². The van der Waals surface area contributed by atoms with Gasteiger partial charge in [-0.15, -0.1) is 0 Å². The van der Waals surface area contributed by atoms with Crippen molar-refractivity contribution in [3.8, 4) is 0 Å². The van der Waals surface area contributed by atoms with Crippen LogP contribution in [0.2, 0.25) is 0 Å². The fourth-order valence-electron chi connectivity index (χ4n) is 3.85. The standard InChI is InChI=1S/C17H26FN3/c1-13-5-6-16(18)15(10-13)17(11-19)21-9-8-20-7-3-2-4-14(20)12-21/h5-6,10,14,17H,2-4,7-9,11-12,19H2,1H3. The summed E-state index contributed by atoms with van der Waals surface area (Å²) >= 11 is 0. The molecule has 2 aliphatic heterocycles. The first-order valence-electron chi connectivity index (χ1n) is 8.13. The summed E-state index contributed by atoms with van der Waals surface area (Å²) in [7, 11) is 0. The average Bonchev–Trinajstić information content (AvgIpc) is 2.51. The molecule has 0 aromatic heterocycles. The number of piperazine rings is 1. The van der Waals surface area contributed by atoms with Crippen molar-refractivity contribution in [3.05, 3.63) is 35.1 Å². The van der Waals surface area contributed by atoms with Gasteiger partial charge in [0.25, 0.3) is 0 Å². The third-order valence-electron chi connectivity index (χ3n) is 5.04. The molecule has 3 nitrogen and oxygen atoms in total. The van der Waals surface area contributed by atoms with Gasteiger partial charge in [0.05, 0.1) is 6.04 Å². The topological polar surface area (TPSA) is 32.5 Å². The van der Waals surface area contributed by atoms with Gasteiger partial charge in [-0.2, -0.15) is 0 Å². The van der Waals surface area contributed by atoms with Gasteiger partial charge in [-0.1, -0.05) is 24.1 Å². The van der Waals surface area contributed by atoms with E-state index in [0.29, 0.717) is 12.6 Å². The first-order chi connectivity index (χ1) is 10.2. The Bertz CT molecular complexity index is 491. The molecule has 0 radical (unpaired) electrons. The summed E-state index contributed by atoms with van der Waals surface area (Å²) in [5, 5.41) is 0. The number of nitrogens with two attached hydrogens (primary N) is 1. The summed E-state index contributed by atoms with van der Waals surface area (Å²) in [5.41, 5.74) is 7.86. The molecular weight excluding hydrogens is 265 g/mol. The Morgan fingerprint density at radius 2 is 2.14 bits per heavy atom. The van der Waals surface area contributed by atoms with Gasteiger partial charge in [0.1, 0.15) is 5.82 Å². The van der Waals surface area contributed by atoms with Crippen LogP contribution in [0, 0.1) is 12.7 Å². The Balaban J connectivity index is 1.78. The predicted octanol–water partition coefficient (Wildman–Crippen LogP) is 2.30. The lowest BCUT2D eigenvalue weighted by Gasteiger charge is -2.46. The largest absolute Gasteiger partial charge is 0.329 e. The molecule has 2 fully saturated rings. The quantitative estimate of drug-likeness (QED) is 0.927. The van der Waals surface area contributed by atoms with E-state index >= 15 is 0 Å². The summed E-state index contributed by atoms with van der Waals surface area (Å²) in [5.74, 6) is -0.123. The zero-order valence-corrected chi connectivity index (χ0v) is 12.9. The number of hydrogen-bond donors (Lipinski definition) is 1. The van der Waals surface area contributed by atoms with Crippen molar-refractivity contribution in [2.75, 3.05) is 32.7 Å². The number of nitrogens with zero attached hydrogens (tertiary/aromatic N) is 2. The molecule has 1 aromatic carbocycles. The van der Waals surface area contributed by atoms with Crippen LogP contribution in [0.1, 0.15) is 36.4 Å². The minimum Gasteiger partial charge on any atom is -0.329 e. The molecule has 2 unspecified atom stereocenters. The summed E-state index contributed by atoms with van der Waals surface area (Å²) in [6, 6.07) is 6.00. The molecule has 0 saturated carbocycles. The van der Waals surface area contributed by atoms with E-state index in [0.717, 1.165) is 30.8 Å². The van der Waals surface area contributed by atoms with Crippen molar-refractivity contribution in [2.45, 2.75) is 38.3 Å². The molecular formula is C17H26FN3. The van der Waals surface area contributed by atoms with Gasteiger partial charge in [0.15, 0.2) is 0 Å². The maximum absolute atomic E-state index is 14.2. The third kappa shape index (κ3) is 3.12. The molecule has 4 heteroatoms. The first kappa shape index (κ1) is 14.9. The second-order valence-electron chi connectivity index (χ2n) is 6.46. The highest BCUT2D eigenvalue weighted by molar-refractivity contribution is 5.27. The molecule has 116 valence electrons. The van der Waals surface area contributed by atoms with Gasteiger partial charge in [-0.05, 0) is 32.4 Å². The Morgan fingerprint density at radius 3 is 2.95 bits per heavy atom. The van der Waals surface area contributed by atoms with Gasteiger partial charge in [-0.25, -0.2) is 4.39 Å². The van der Waals surface area contributed by atoms with E-state index in [1.807, 2.05) is 19.1 Å². The Kier molecular flexibility index (Phi) is 4.57. The van der Waals surface area contributed by atoms with Crippen LogP contribution in [0.5, 0.6) is 0 Å². The van der Waals surface area contributed by atoms with E-state index in [4.69, 9.17) is 5.73 Å². The van der Waals surface area contributed by atoms with E-state index in [1.165, 1.54) is 25.8 Å². The number of rotatable bonds is 3. The van der Waals surface area contributed by atoms with Crippen molar-refractivity contribution in [3.63, 3.8) is 0 Å². The molecule has 2 aliphatic rings. The zero-order chi connectivity index (χ0) is 14.8. The molecule has 3 rings (SSSR count). The minimum absolute atomic E-state index is 0.00831. The molecule has 0 amide bonds. The Morgan fingerprint density at radius 1 is 1.29 bits per heavy atom. The summed E-state index contributed by atoms with van der Waals surface area (Å²) in [6.45, 7) is 6.82. The van der Waals surface area contributed by atoms with E-state index in [1.54, 1.807) is 6.07 Å². The molecule has 1 aromatic rings. The van der Waals surface area contributed by atoms with Crippen LogP contribution in [0.3, 0.4) is 0 Å². The number of aryl methyl sites for hydroxylation is 1. The van der Waals surface area contributed by atoms with E-state index < -0.39 is 0 Å². The van der Waals surface area contributed by atoms with Crippen LogP contribution in [0.25, 0.3) is 0 Å². The lowest BCUT2D eigenvalue weighted by molar-refractivity contribution is 0.0279. The van der Waals surface area contributed by atoms with Crippen LogP contribution in [-0.4, -0.2) is 48.6 Å². The lowest BCUT2D eigenvalue weighted by atomic mass is 9.96. The number of piperidine rings is 1. The highest BCUT2D eigenvalue weighted by Gasteiger charge is 2.32. The molecule has 2 atom stereocenters. The maximum Gasteiger partial charge on any atom is 0.128 e. The smallest absolute Gasteiger partial charge is 0.128 e. The lowest BCUT2D eigenvalue weighted by Crippen LogP contribution is -2.56. The fraction of sp³-hybridized carbons (Fsp3) is 0.647. The fourth-order valence-corrected chi connectivity index (χ4v) is 3.85. The molecule has 2 N–H and O–H groups in total. The Hall–Kier alpha value is -0.970. The SMILES string of the molecule is Cc1ccc(F)c(C(CN)N2CCN3CCCCC3C2)c1. The monoisotopic (exact) mass is 291 g/mol. The molecule has 0 aliphatic carbocycles. The van der Waals surface area contributed by atoms with Crippen molar-refractivity contribution in [1.29, 1.82) is 0 Å². The molecule has 2 saturated heterocycles. The average molecular weight is 291 g/mol. The summed E-state index contributed by atoms with van der Waals surface area (Å²) in [6.07, 6.45) is 3.91. The third-order valence-corrected chi connectivity index (χ3v) is 5.04. The van der Waals surface area contributed by atoms with E-state index in [2.05, 4.69) is 9.80 Å². The molecule has 2 heterocycles. The molecule has 0 spiro atoms. The molecule has 21 heavy (non-hydrogen) atoms. The first-order valence-corrected chi connectivity index (χ1v) is 8.13. The van der Waals surface area contributed by atoms with Crippen LogP contribution in [0.4, 0.5) is 4.39 Å². The normalized spacial score (nSPS) is 25.6. The van der Waals surface area contributed by atoms with Crippen molar-refractivity contribution in [1.82, 2.24) is 9.80 Å². The van der Waals surface area contributed by atoms with Gasteiger partial charge < -0.3 is 5.73 Å².